The maximum atomic E-state index is 12.7. The quantitative estimate of drug-likeness (QED) is 0.477. The fourth-order valence-corrected chi connectivity index (χ4v) is 5.31. The molecular weight excluding hydrogens is 320 g/mol. The van der Waals surface area contributed by atoms with Crippen molar-refractivity contribution < 1.29 is 14.4 Å². The molecule has 1 saturated heterocycles. The average Bonchev–Trinajstić information content (AvgIpc) is 2.77. The topological polar surface area (TPSA) is 57.7 Å². The highest BCUT2D eigenvalue weighted by atomic mass is 28.2. The molecule has 128 valence electrons. The summed E-state index contributed by atoms with van der Waals surface area (Å²) in [5.41, 5.74) is 1.43. The first kappa shape index (κ1) is 16.9. The highest BCUT2D eigenvalue weighted by Crippen LogP contribution is 2.36. The van der Waals surface area contributed by atoms with Gasteiger partial charge in [0.25, 0.3) is 11.8 Å². The van der Waals surface area contributed by atoms with E-state index in [-0.39, 0.29) is 29.2 Å². The normalized spacial score (nSPS) is 25.5. The number of fused-ring (bicyclic) bond motifs is 1. The monoisotopic (exact) mass is 344 g/mol. The molecule has 2 aliphatic heterocycles. The Bertz CT molecular complexity index is 690. The lowest BCUT2D eigenvalue weighted by atomic mass is 9.93. The molecule has 6 heteroatoms. The van der Waals surface area contributed by atoms with E-state index >= 15 is 0 Å². The Balaban J connectivity index is 1.78. The Hall–Kier alpha value is -1.95. The molecule has 2 aliphatic rings. The molecule has 0 spiro atoms. The van der Waals surface area contributed by atoms with Crippen LogP contribution < -0.4 is 0 Å². The Morgan fingerprint density at radius 1 is 1.04 bits per heavy atom. The first-order valence-corrected chi connectivity index (χ1v) is 9.87. The van der Waals surface area contributed by atoms with Crippen LogP contribution in [0, 0.1) is 5.41 Å². The molecule has 1 aromatic rings. The van der Waals surface area contributed by atoms with Gasteiger partial charge in [0, 0.05) is 0 Å². The maximum absolute atomic E-state index is 12.7. The summed E-state index contributed by atoms with van der Waals surface area (Å²) in [6.07, 6.45) is 0. The molecule has 0 N–H and O–H groups in total. The molecule has 3 atom stereocenters. The van der Waals surface area contributed by atoms with Gasteiger partial charge in [0.1, 0.15) is 15.7 Å². The molecule has 2 heterocycles. The van der Waals surface area contributed by atoms with Crippen molar-refractivity contribution in [2.45, 2.75) is 52.2 Å². The van der Waals surface area contributed by atoms with Crippen molar-refractivity contribution in [3.05, 3.63) is 35.4 Å². The minimum absolute atomic E-state index is 0.0697. The molecule has 0 aromatic heterocycles. The second kappa shape index (κ2) is 5.55. The average molecular weight is 344 g/mol. The molecule has 1 aromatic carbocycles. The van der Waals surface area contributed by atoms with Crippen molar-refractivity contribution in [3.8, 4) is 0 Å². The van der Waals surface area contributed by atoms with Gasteiger partial charge in [-0.15, -0.1) is 0 Å². The third-order valence-corrected chi connectivity index (χ3v) is 8.59. The summed E-state index contributed by atoms with van der Waals surface area (Å²) >= 11 is 0. The van der Waals surface area contributed by atoms with Crippen LogP contribution in [0.15, 0.2) is 24.3 Å². The zero-order valence-corrected chi connectivity index (χ0v) is 16.3. The molecule has 0 radical (unpaired) electrons. The predicted molar refractivity (Wildman–Crippen MR) is 94.5 cm³/mol. The van der Waals surface area contributed by atoms with E-state index in [1.807, 2.05) is 11.5 Å². The van der Waals surface area contributed by atoms with Crippen LogP contribution in [0.4, 0.5) is 0 Å². The predicted octanol–water partition coefficient (Wildman–Crippen LogP) is 1.82. The number of hydrogen-bond acceptors (Lipinski definition) is 3. The Morgan fingerprint density at radius 2 is 1.54 bits per heavy atom. The zero-order chi connectivity index (χ0) is 17.8. The lowest BCUT2D eigenvalue weighted by Crippen LogP contribution is -2.71. The standard InChI is InChI=1S/C18H24N2O3Si/c1-10-14(17(23)20(10)24-11(2)18(3,4)5)19-15(21)12-8-6-7-9-13(12)16(19)22/h6-11,14H,24H2,1-5H3. The largest absolute Gasteiger partial charge is 0.368 e. The number of rotatable bonds is 3. The summed E-state index contributed by atoms with van der Waals surface area (Å²) in [5.74, 6) is -0.753. The Morgan fingerprint density at radius 3 is 1.96 bits per heavy atom. The SMILES string of the molecule is CC1C(N2C(=O)c3ccccc3C2=O)C(=O)N1[SiH2]C(C)C(C)(C)C. The van der Waals surface area contributed by atoms with E-state index in [0.29, 0.717) is 16.7 Å². The number of hydrogen-bond donors (Lipinski definition) is 0. The van der Waals surface area contributed by atoms with Crippen LogP contribution in [-0.2, 0) is 4.79 Å². The maximum Gasteiger partial charge on any atom is 0.262 e. The third kappa shape index (κ3) is 2.40. The van der Waals surface area contributed by atoms with Gasteiger partial charge in [-0.1, -0.05) is 39.8 Å². The van der Waals surface area contributed by atoms with Gasteiger partial charge < -0.3 is 4.57 Å². The van der Waals surface area contributed by atoms with E-state index < -0.39 is 15.7 Å². The van der Waals surface area contributed by atoms with Crippen LogP contribution >= 0.6 is 0 Å². The van der Waals surface area contributed by atoms with Crippen molar-refractivity contribution in [2.24, 2.45) is 5.41 Å². The van der Waals surface area contributed by atoms with E-state index in [4.69, 9.17) is 0 Å². The van der Waals surface area contributed by atoms with E-state index in [0.717, 1.165) is 0 Å². The summed E-state index contributed by atoms with van der Waals surface area (Å²) in [5, 5.41) is 0. The molecule has 0 aliphatic carbocycles. The van der Waals surface area contributed by atoms with E-state index in [1.165, 1.54) is 4.90 Å². The van der Waals surface area contributed by atoms with Crippen LogP contribution in [0.3, 0.4) is 0 Å². The van der Waals surface area contributed by atoms with Gasteiger partial charge in [0.05, 0.1) is 17.2 Å². The molecule has 0 bridgehead atoms. The van der Waals surface area contributed by atoms with Gasteiger partial charge in [-0.05, 0) is 30.0 Å². The van der Waals surface area contributed by atoms with E-state index in [9.17, 15) is 14.4 Å². The first-order valence-electron chi connectivity index (χ1n) is 8.42. The van der Waals surface area contributed by atoms with E-state index in [2.05, 4.69) is 27.7 Å². The number of carbonyl (C=O) groups excluding carboxylic acids is 3. The summed E-state index contributed by atoms with van der Waals surface area (Å²) in [4.78, 5) is 39.0. The van der Waals surface area contributed by atoms with Crippen LogP contribution in [-0.4, -0.2) is 49.0 Å². The third-order valence-electron chi connectivity index (χ3n) is 5.54. The van der Waals surface area contributed by atoms with Gasteiger partial charge in [0.2, 0.25) is 5.91 Å². The summed E-state index contributed by atoms with van der Waals surface area (Å²) in [6, 6.07) is 6.05. The molecule has 24 heavy (non-hydrogen) atoms. The van der Waals surface area contributed by atoms with Crippen molar-refractivity contribution >= 4 is 27.4 Å². The van der Waals surface area contributed by atoms with Gasteiger partial charge in [-0.3, -0.25) is 19.3 Å². The second-order valence-electron chi connectivity index (χ2n) is 7.97. The molecule has 5 nitrogen and oxygen atoms in total. The van der Waals surface area contributed by atoms with Gasteiger partial charge >= 0.3 is 0 Å². The number of amides is 3. The lowest BCUT2D eigenvalue weighted by molar-refractivity contribution is -0.145. The fourth-order valence-electron chi connectivity index (χ4n) is 3.28. The summed E-state index contributed by atoms with van der Waals surface area (Å²) in [7, 11) is -0.776. The number of carbonyl (C=O) groups is 3. The summed E-state index contributed by atoms with van der Waals surface area (Å²) in [6.45, 7) is 10.7. The van der Waals surface area contributed by atoms with Crippen molar-refractivity contribution in [1.82, 2.24) is 9.47 Å². The van der Waals surface area contributed by atoms with Crippen LogP contribution in [0.1, 0.15) is 55.3 Å². The Labute approximate surface area is 144 Å². The molecule has 1 fully saturated rings. The number of nitrogens with zero attached hydrogens (tertiary/aromatic N) is 2. The minimum Gasteiger partial charge on any atom is -0.368 e. The van der Waals surface area contributed by atoms with Crippen molar-refractivity contribution in [3.63, 3.8) is 0 Å². The molecule has 3 unspecified atom stereocenters. The Kier molecular flexibility index (Phi) is 3.90. The lowest BCUT2D eigenvalue weighted by Gasteiger charge is -2.50. The molecular formula is C18H24N2O3Si. The minimum atomic E-state index is -0.776. The number of imide groups is 1. The van der Waals surface area contributed by atoms with Gasteiger partial charge in [0.15, 0.2) is 0 Å². The molecule has 3 amide bonds. The van der Waals surface area contributed by atoms with Crippen molar-refractivity contribution in [2.75, 3.05) is 0 Å². The summed E-state index contributed by atoms with van der Waals surface area (Å²) < 4.78 is 1.92. The fraction of sp³-hybridized carbons (Fsp3) is 0.500. The van der Waals surface area contributed by atoms with Crippen LogP contribution in [0.25, 0.3) is 0 Å². The highest BCUT2D eigenvalue weighted by Gasteiger charge is 2.54. The van der Waals surface area contributed by atoms with Gasteiger partial charge in [-0.2, -0.15) is 0 Å². The van der Waals surface area contributed by atoms with Crippen LogP contribution in [0.2, 0.25) is 5.54 Å². The van der Waals surface area contributed by atoms with E-state index in [1.54, 1.807) is 24.3 Å². The number of β-lactam (4-membered cyclic amide) rings is 1. The molecule has 3 rings (SSSR count). The number of benzene rings is 1. The van der Waals surface area contributed by atoms with Gasteiger partial charge in [-0.25, -0.2) is 0 Å². The first-order chi connectivity index (χ1) is 11.1. The molecule has 0 saturated carbocycles. The smallest absolute Gasteiger partial charge is 0.262 e. The second-order valence-corrected chi connectivity index (χ2v) is 10.2. The zero-order valence-electron chi connectivity index (χ0n) is 14.9. The van der Waals surface area contributed by atoms with Crippen LogP contribution in [0.5, 0.6) is 0 Å². The highest BCUT2D eigenvalue weighted by molar-refractivity contribution is 6.41. The van der Waals surface area contributed by atoms with Crippen molar-refractivity contribution in [1.29, 1.82) is 0 Å².